The number of hydrogen-bond acceptors (Lipinski definition) is 6. The highest BCUT2D eigenvalue weighted by Gasteiger charge is 2.14. The number of amides is 2. The molecule has 0 radical (unpaired) electrons. The Kier molecular flexibility index (Phi) is 10.0. The van der Waals surface area contributed by atoms with Crippen LogP contribution in [0.3, 0.4) is 0 Å². The van der Waals surface area contributed by atoms with Crippen LogP contribution in [-0.2, 0) is 14.3 Å². The van der Waals surface area contributed by atoms with Crippen molar-refractivity contribution in [2.45, 2.75) is 20.5 Å². The van der Waals surface area contributed by atoms with Gasteiger partial charge < -0.3 is 24.4 Å². The van der Waals surface area contributed by atoms with E-state index in [1.807, 2.05) is 13.8 Å². The summed E-state index contributed by atoms with van der Waals surface area (Å²) in [6.07, 6.45) is 2.45. The number of alkyl halides is 2. The first kappa shape index (κ1) is 26.3. The summed E-state index contributed by atoms with van der Waals surface area (Å²) in [5.74, 6) is -1.59. The zero-order valence-electron chi connectivity index (χ0n) is 19.0. The number of carbonyl (C=O) groups is 3. The SMILES string of the molecule is CCN(CC)C(=O)c1cccc(NC(=O)COC(=O)/C=C/c2ccc(OC(F)F)c(OC)c2)c1. The topological polar surface area (TPSA) is 94.2 Å². The lowest BCUT2D eigenvalue weighted by Crippen LogP contribution is -2.30. The van der Waals surface area contributed by atoms with E-state index in [1.165, 1.54) is 31.4 Å². The minimum absolute atomic E-state index is 0.0666. The lowest BCUT2D eigenvalue weighted by Gasteiger charge is -2.19. The molecular formula is C24H26F2N2O6. The molecule has 0 aliphatic heterocycles. The van der Waals surface area contributed by atoms with Gasteiger partial charge in [-0.05, 0) is 55.8 Å². The molecule has 0 heterocycles. The smallest absolute Gasteiger partial charge is 0.387 e. The van der Waals surface area contributed by atoms with Crippen molar-refractivity contribution in [1.29, 1.82) is 0 Å². The van der Waals surface area contributed by atoms with Crippen molar-refractivity contribution in [2.75, 3.05) is 32.1 Å². The molecule has 10 heteroatoms. The Morgan fingerprint density at radius 3 is 2.44 bits per heavy atom. The summed E-state index contributed by atoms with van der Waals surface area (Å²) < 4.78 is 39.0. The van der Waals surface area contributed by atoms with Gasteiger partial charge in [-0.2, -0.15) is 8.78 Å². The van der Waals surface area contributed by atoms with Crippen molar-refractivity contribution >= 4 is 29.5 Å². The molecule has 0 saturated heterocycles. The number of anilines is 1. The molecule has 182 valence electrons. The van der Waals surface area contributed by atoms with Crippen molar-refractivity contribution in [2.24, 2.45) is 0 Å². The van der Waals surface area contributed by atoms with Crippen LogP contribution in [0.5, 0.6) is 11.5 Å². The molecule has 0 aromatic heterocycles. The van der Waals surface area contributed by atoms with Crippen LogP contribution in [0.15, 0.2) is 48.5 Å². The lowest BCUT2D eigenvalue weighted by molar-refractivity contribution is -0.142. The minimum Gasteiger partial charge on any atom is -0.493 e. The minimum atomic E-state index is -3.00. The van der Waals surface area contributed by atoms with E-state index in [0.29, 0.717) is 29.9 Å². The number of halogens is 2. The second kappa shape index (κ2) is 12.9. The predicted molar refractivity (Wildman–Crippen MR) is 122 cm³/mol. The summed E-state index contributed by atoms with van der Waals surface area (Å²) in [6, 6.07) is 10.6. The zero-order chi connectivity index (χ0) is 25.1. The fourth-order valence-corrected chi connectivity index (χ4v) is 2.95. The number of esters is 1. The third-order valence-electron chi connectivity index (χ3n) is 4.61. The van der Waals surface area contributed by atoms with E-state index in [4.69, 9.17) is 9.47 Å². The Balaban J connectivity index is 1.91. The van der Waals surface area contributed by atoms with Crippen LogP contribution in [0, 0.1) is 0 Å². The maximum Gasteiger partial charge on any atom is 0.387 e. The van der Waals surface area contributed by atoms with Gasteiger partial charge in [-0.25, -0.2) is 4.79 Å². The molecule has 8 nitrogen and oxygen atoms in total. The summed E-state index contributed by atoms with van der Waals surface area (Å²) in [5.41, 5.74) is 1.30. The van der Waals surface area contributed by atoms with Gasteiger partial charge in [-0.15, -0.1) is 0 Å². The first-order valence-corrected chi connectivity index (χ1v) is 10.4. The molecule has 1 N–H and O–H groups in total. The zero-order valence-corrected chi connectivity index (χ0v) is 19.0. The molecule has 0 spiro atoms. The molecule has 34 heavy (non-hydrogen) atoms. The maximum atomic E-state index is 12.4. The van der Waals surface area contributed by atoms with Crippen molar-refractivity contribution in [3.8, 4) is 11.5 Å². The Hall–Kier alpha value is -3.95. The summed E-state index contributed by atoms with van der Waals surface area (Å²) in [4.78, 5) is 38.2. The molecule has 0 aliphatic rings. The third-order valence-corrected chi connectivity index (χ3v) is 4.61. The average Bonchev–Trinajstić information content (AvgIpc) is 2.82. The Labute approximate surface area is 196 Å². The van der Waals surface area contributed by atoms with Crippen LogP contribution < -0.4 is 14.8 Å². The molecule has 0 bridgehead atoms. The number of methoxy groups -OCH3 is 1. The van der Waals surface area contributed by atoms with Gasteiger partial charge >= 0.3 is 12.6 Å². The summed E-state index contributed by atoms with van der Waals surface area (Å²) in [5, 5.41) is 2.58. The molecule has 2 rings (SSSR count). The number of carbonyl (C=O) groups excluding carboxylic acids is 3. The van der Waals surface area contributed by atoms with Gasteiger partial charge in [0.05, 0.1) is 7.11 Å². The van der Waals surface area contributed by atoms with Gasteiger partial charge in [0.2, 0.25) is 0 Å². The fourth-order valence-electron chi connectivity index (χ4n) is 2.95. The quantitative estimate of drug-likeness (QED) is 0.390. The third kappa shape index (κ3) is 7.88. The van der Waals surface area contributed by atoms with E-state index in [0.717, 1.165) is 6.08 Å². The highest BCUT2D eigenvalue weighted by atomic mass is 19.3. The normalized spacial score (nSPS) is 10.8. The molecule has 0 fully saturated rings. The number of benzene rings is 2. The first-order chi connectivity index (χ1) is 16.3. The van der Waals surface area contributed by atoms with Gasteiger partial charge in [0.15, 0.2) is 18.1 Å². The van der Waals surface area contributed by atoms with Crippen LogP contribution in [0.1, 0.15) is 29.8 Å². The van der Waals surface area contributed by atoms with Gasteiger partial charge in [0, 0.05) is 30.4 Å². The number of nitrogens with zero attached hydrogens (tertiary/aromatic N) is 1. The van der Waals surface area contributed by atoms with Gasteiger partial charge in [0.25, 0.3) is 11.8 Å². The Morgan fingerprint density at radius 2 is 1.79 bits per heavy atom. The van der Waals surface area contributed by atoms with Gasteiger partial charge in [0.1, 0.15) is 0 Å². The molecule has 0 aliphatic carbocycles. The van der Waals surface area contributed by atoms with Crippen LogP contribution >= 0.6 is 0 Å². The largest absolute Gasteiger partial charge is 0.493 e. The van der Waals surface area contributed by atoms with Gasteiger partial charge in [-0.3, -0.25) is 9.59 Å². The van der Waals surface area contributed by atoms with Crippen LogP contribution in [0.25, 0.3) is 6.08 Å². The molecule has 2 aromatic rings. The summed E-state index contributed by atoms with van der Waals surface area (Å²) >= 11 is 0. The predicted octanol–water partition coefficient (Wildman–Crippen LogP) is 3.97. The first-order valence-electron chi connectivity index (χ1n) is 10.4. The average molecular weight is 476 g/mol. The molecular weight excluding hydrogens is 450 g/mol. The van der Waals surface area contributed by atoms with E-state index in [-0.39, 0.29) is 17.4 Å². The van der Waals surface area contributed by atoms with E-state index in [9.17, 15) is 23.2 Å². The second-order valence-electron chi connectivity index (χ2n) is 6.84. The number of rotatable bonds is 11. The highest BCUT2D eigenvalue weighted by molar-refractivity contribution is 5.98. The summed E-state index contributed by atoms with van der Waals surface area (Å²) in [7, 11) is 1.29. The van der Waals surface area contributed by atoms with Crippen molar-refractivity contribution in [3.63, 3.8) is 0 Å². The molecule has 0 saturated carbocycles. The fraction of sp³-hybridized carbons (Fsp3) is 0.292. The standard InChI is InChI=1S/C24H26F2N2O6/c1-4-28(5-2)23(31)17-7-6-8-18(14-17)27-21(29)15-33-22(30)12-10-16-9-11-19(34-24(25)26)20(13-16)32-3/h6-14,24H,4-5,15H2,1-3H3,(H,27,29)/b12-10+. The van der Waals surface area contributed by atoms with Crippen LogP contribution in [0.4, 0.5) is 14.5 Å². The van der Waals surface area contributed by atoms with Gasteiger partial charge in [-0.1, -0.05) is 12.1 Å². The molecule has 2 amide bonds. The number of ether oxygens (including phenoxy) is 3. The monoisotopic (exact) mass is 476 g/mol. The lowest BCUT2D eigenvalue weighted by atomic mass is 10.1. The highest BCUT2D eigenvalue weighted by Crippen LogP contribution is 2.29. The second-order valence-corrected chi connectivity index (χ2v) is 6.84. The summed E-state index contributed by atoms with van der Waals surface area (Å²) in [6.45, 7) is 1.35. The molecule has 0 atom stereocenters. The maximum absolute atomic E-state index is 12.4. The van der Waals surface area contributed by atoms with E-state index < -0.39 is 25.1 Å². The van der Waals surface area contributed by atoms with Crippen molar-refractivity contribution in [1.82, 2.24) is 4.90 Å². The molecule has 2 aromatic carbocycles. The molecule has 0 unspecified atom stereocenters. The van der Waals surface area contributed by atoms with E-state index in [2.05, 4.69) is 10.1 Å². The van der Waals surface area contributed by atoms with E-state index in [1.54, 1.807) is 29.2 Å². The Morgan fingerprint density at radius 1 is 1.06 bits per heavy atom. The van der Waals surface area contributed by atoms with Crippen LogP contribution in [0.2, 0.25) is 0 Å². The Bertz CT molecular complexity index is 1040. The van der Waals surface area contributed by atoms with Crippen LogP contribution in [-0.4, -0.2) is 56.1 Å². The number of nitrogens with one attached hydrogen (secondary N) is 1. The number of hydrogen-bond donors (Lipinski definition) is 1. The van der Waals surface area contributed by atoms with Crippen molar-refractivity contribution < 1.29 is 37.4 Å². The van der Waals surface area contributed by atoms with E-state index >= 15 is 0 Å². The van der Waals surface area contributed by atoms with Crippen molar-refractivity contribution in [3.05, 3.63) is 59.7 Å².